The second-order valence-electron chi connectivity index (χ2n) is 12.3. The van der Waals surface area contributed by atoms with Gasteiger partial charge in [0.15, 0.2) is 0 Å². The lowest BCUT2D eigenvalue weighted by atomic mass is 9.81. The number of halogens is 1. The molecule has 3 atom stereocenters. The molecule has 0 aromatic heterocycles. The van der Waals surface area contributed by atoms with E-state index in [2.05, 4.69) is 32.3 Å². The van der Waals surface area contributed by atoms with Crippen molar-refractivity contribution >= 4 is 28.7 Å². The topological polar surface area (TPSA) is 84.9 Å². The minimum absolute atomic E-state index is 0.0133. The van der Waals surface area contributed by atoms with E-state index in [1.54, 1.807) is 18.2 Å². The molecule has 7 heteroatoms. The lowest BCUT2D eigenvalue weighted by Crippen LogP contribution is -2.25. The third-order valence-corrected chi connectivity index (χ3v) is 8.40. The molecule has 1 amide bonds. The summed E-state index contributed by atoms with van der Waals surface area (Å²) in [5, 5.41) is 14.2. The molecule has 2 N–H and O–H groups in total. The first kappa shape index (κ1) is 36.2. The van der Waals surface area contributed by atoms with Gasteiger partial charge in [-0.1, -0.05) is 93.2 Å². The van der Waals surface area contributed by atoms with Gasteiger partial charge in [0.2, 0.25) is 0 Å². The number of hydrogen-bond donors (Lipinski definition) is 2. The molecule has 48 heavy (non-hydrogen) atoms. The minimum Gasteiger partial charge on any atom is -0.461 e. The lowest BCUT2D eigenvalue weighted by molar-refractivity contribution is -0.146. The molecule has 0 radical (unpaired) electrons. The SMILES string of the molecule is C=CCOC(=O)C[C@@H](C[C@H](O)CCCC1C(c2ccc(F)cc2)=C(c2ccccc2)C(C(=O)Nc2ccccc2)=C1C(C)C)OCC=C. The van der Waals surface area contributed by atoms with Crippen molar-refractivity contribution in [1.82, 2.24) is 0 Å². The highest BCUT2D eigenvalue weighted by Crippen LogP contribution is 2.52. The standard InChI is InChI=1S/C41H46FNO5/c1-5-24-47-34(27-36(45)48-25-6-2)26-33(44)18-13-19-35-37(28(3)4)40(41(46)43-32-16-11-8-12-17-32)39(29-14-9-7-10-15-29)38(35)30-20-22-31(42)23-21-30/h5-12,14-17,20-23,28,33-35,44H,1-2,13,18-19,24-27H2,3-4H3,(H,43,46)/t33-,34-,35?/m1/s1. The molecule has 0 saturated heterocycles. The molecule has 0 fully saturated rings. The van der Waals surface area contributed by atoms with Gasteiger partial charge in [0, 0.05) is 23.6 Å². The Morgan fingerprint density at radius 2 is 1.56 bits per heavy atom. The lowest BCUT2D eigenvalue weighted by Gasteiger charge is -2.24. The number of aliphatic hydroxyl groups excluding tert-OH is 1. The molecule has 3 aromatic carbocycles. The molecule has 252 valence electrons. The van der Waals surface area contributed by atoms with Crippen molar-refractivity contribution in [2.24, 2.45) is 11.8 Å². The van der Waals surface area contributed by atoms with Crippen molar-refractivity contribution in [3.05, 3.63) is 138 Å². The fourth-order valence-corrected chi connectivity index (χ4v) is 6.40. The second kappa shape index (κ2) is 18.1. The number of aliphatic hydroxyl groups is 1. The van der Waals surface area contributed by atoms with Crippen LogP contribution in [0.4, 0.5) is 10.1 Å². The van der Waals surface area contributed by atoms with E-state index in [0.717, 1.165) is 27.8 Å². The van der Waals surface area contributed by atoms with Gasteiger partial charge in [-0.15, -0.1) is 6.58 Å². The van der Waals surface area contributed by atoms with Crippen molar-refractivity contribution < 1.29 is 28.6 Å². The van der Waals surface area contributed by atoms with Gasteiger partial charge in [-0.3, -0.25) is 9.59 Å². The van der Waals surface area contributed by atoms with Crippen LogP contribution in [0.15, 0.2) is 121 Å². The third-order valence-electron chi connectivity index (χ3n) is 8.40. The summed E-state index contributed by atoms with van der Waals surface area (Å²) in [4.78, 5) is 26.5. The van der Waals surface area contributed by atoms with E-state index in [9.17, 15) is 19.1 Å². The Bertz CT molecular complexity index is 1590. The maximum atomic E-state index is 14.3. The number of esters is 1. The van der Waals surface area contributed by atoms with Gasteiger partial charge >= 0.3 is 5.97 Å². The van der Waals surface area contributed by atoms with Gasteiger partial charge in [-0.25, -0.2) is 4.39 Å². The molecule has 0 saturated carbocycles. The summed E-state index contributed by atoms with van der Waals surface area (Å²) in [7, 11) is 0. The fourth-order valence-electron chi connectivity index (χ4n) is 6.40. The zero-order valence-corrected chi connectivity index (χ0v) is 27.9. The molecule has 1 aliphatic rings. The maximum absolute atomic E-state index is 14.3. The second-order valence-corrected chi connectivity index (χ2v) is 12.3. The van der Waals surface area contributed by atoms with E-state index in [4.69, 9.17) is 9.47 Å². The van der Waals surface area contributed by atoms with E-state index < -0.39 is 18.2 Å². The largest absolute Gasteiger partial charge is 0.461 e. The van der Waals surface area contributed by atoms with Crippen molar-refractivity contribution in [3.63, 3.8) is 0 Å². The number of nitrogens with one attached hydrogen (secondary N) is 1. The number of hydrogen-bond acceptors (Lipinski definition) is 5. The number of carbonyl (C=O) groups excluding carboxylic acids is 2. The summed E-state index contributed by atoms with van der Waals surface area (Å²) in [6.07, 6.45) is 3.87. The van der Waals surface area contributed by atoms with Crippen LogP contribution in [-0.4, -0.2) is 42.4 Å². The molecule has 0 aliphatic heterocycles. The summed E-state index contributed by atoms with van der Waals surface area (Å²) in [6.45, 7) is 11.8. The Labute approximate surface area is 283 Å². The van der Waals surface area contributed by atoms with Crippen LogP contribution in [0.1, 0.15) is 57.1 Å². The normalized spacial score (nSPS) is 15.7. The fraction of sp³-hybridized carbons (Fsp3) is 0.317. The van der Waals surface area contributed by atoms with Crippen LogP contribution < -0.4 is 5.32 Å². The predicted octanol–water partition coefficient (Wildman–Crippen LogP) is 8.57. The molecule has 1 aliphatic carbocycles. The zero-order chi connectivity index (χ0) is 34.5. The summed E-state index contributed by atoms with van der Waals surface area (Å²) >= 11 is 0. The highest BCUT2D eigenvalue weighted by Gasteiger charge is 2.39. The van der Waals surface area contributed by atoms with Gasteiger partial charge in [0.05, 0.1) is 25.2 Å². The number of rotatable bonds is 18. The van der Waals surface area contributed by atoms with Crippen LogP contribution in [0, 0.1) is 17.7 Å². The van der Waals surface area contributed by atoms with Gasteiger partial charge in [-0.05, 0) is 77.3 Å². The summed E-state index contributed by atoms with van der Waals surface area (Å²) in [6, 6.07) is 25.7. The maximum Gasteiger partial charge on any atom is 0.308 e. The van der Waals surface area contributed by atoms with Crippen molar-refractivity contribution in [3.8, 4) is 0 Å². The third kappa shape index (κ3) is 9.72. The molecule has 3 aromatic rings. The van der Waals surface area contributed by atoms with Gasteiger partial charge in [-0.2, -0.15) is 0 Å². The molecule has 1 unspecified atom stereocenters. The molecule has 6 nitrogen and oxygen atoms in total. The Morgan fingerprint density at radius 1 is 0.917 bits per heavy atom. The number of benzene rings is 3. The van der Waals surface area contributed by atoms with Crippen LogP contribution >= 0.6 is 0 Å². The average Bonchev–Trinajstić information content (AvgIpc) is 3.43. The van der Waals surface area contributed by atoms with Gasteiger partial charge in [0.1, 0.15) is 12.4 Å². The van der Waals surface area contributed by atoms with Gasteiger partial charge in [0.25, 0.3) is 5.91 Å². The van der Waals surface area contributed by atoms with Crippen LogP contribution in [0.5, 0.6) is 0 Å². The minimum atomic E-state index is -0.729. The molecule has 0 spiro atoms. The monoisotopic (exact) mass is 651 g/mol. The summed E-state index contributed by atoms with van der Waals surface area (Å²) in [5.41, 5.74) is 5.88. The van der Waals surface area contributed by atoms with Crippen molar-refractivity contribution in [2.45, 2.75) is 58.2 Å². The first-order valence-electron chi connectivity index (χ1n) is 16.6. The van der Waals surface area contributed by atoms with Crippen molar-refractivity contribution in [2.75, 3.05) is 18.5 Å². The van der Waals surface area contributed by atoms with Crippen LogP contribution in [-0.2, 0) is 19.1 Å². The first-order valence-corrected chi connectivity index (χ1v) is 16.6. The first-order chi connectivity index (χ1) is 23.2. The van der Waals surface area contributed by atoms with Gasteiger partial charge < -0.3 is 19.9 Å². The highest BCUT2D eigenvalue weighted by atomic mass is 19.1. The number of para-hydroxylation sites is 1. The molecular formula is C41H46FNO5. The van der Waals surface area contributed by atoms with E-state index in [0.29, 0.717) is 30.5 Å². The number of ether oxygens (including phenoxy) is 2. The van der Waals surface area contributed by atoms with Crippen LogP contribution in [0.25, 0.3) is 11.1 Å². The Hall–Kier alpha value is -4.59. The molecule has 4 rings (SSSR count). The molecule has 0 bridgehead atoms. The van der Waals surface area contributed by atoms with Crippen LogP contribution in [0.3, 0.4) is 0 Å². The predicted molar refractivity (Wildman–Crippen MR) is 190 cm³/mol. The summed E-state index contributed by atoms with van der Waals surface area (Å²) in [5.74, 6) is -1.09. The molecular weight excluding hydrogens is 605 g/mol. The Morgan fingerprint density at radius 3 is 2.19 bits per heavy atom. The quantitative estimate of drug-likeness (QED) is 0.106. The Kier molecular flexibility index (Phi) is 13.7. The highest BCUT2D eigenvalue weighted by molar-refractivity contribution is 6.22. The Balaban J connectivity index is 1.68. The van der Waals surface area contributed by atoms with E-state index >= 15 is 0 Å². The van der Waals surface area contributed by atoms with Crippen molar-refractivity contribution in [1.29, 1.82) is 0 Å². The average molecular weight is 652 g/mol. The number of allylic oxidation sites excluding steroid dienone is 2. The van der Waals surface area contributed by atoms with Crippen LogP contribution in [0.2, 0.25) is 0 Å². The number of carbonyl (C=O) groups is 2. The van der Waals surface area contributed by atoms with E-state index in [1.807, 2.05) is 60.7 Å². The zero-order valence-electron chi connectivity index (χ0n) is 27.9. The number of amides is 1. The summed E-state index contributed by atoms with van der Waals surface area (Å²) < 4.78 is 25.1. The van der Waals surface area contributed by atoms with E-state index in [1.165, 1.54) is 18.2 Å². The van der Waals surface area contributed by atoms with E-state index in [-0.39, 0.29) is 49.6 Å². The molecule has 0 heterocycles. The smallest absolute Gasteiger partial charge is 0.308 e. The number of anilines is 1.